The molecule has 0 bridgehead atoms. The van der Waals surface area contributed by atoms with E-state index in [9.17, 15) is 8.42 Å². The summed E-state index contributed by atoms with van der Waals surface area (Å²) in [4.78, 5) is 4.27. The lowest BCUT2D eigenvalue weighted by Crippen LogP contribution is -2.14. The summed E-state index contributed by atoms with van der Waals surface area (Å²) in [6.07, 6.45) is 1.43. The summed E-state index contributed by atoms with van der Waals surface area (Å²) in [5.74, 6) is 0.799. The fourth-order valence-electron chi connectivity index (χ4n) is 2.47. The molecule has 0 aliphatic rings. The zero-order valence-corrected chi connectivity index (χ0v) is 15.9. The Kier molecular flexibility index (Phi) is 4.88. The smallest absolute Gasteiger partial charge is 0.267 e. The van der Waals surface area contributed by atoms with E-state index in [-0.39, 0.29) is 10.7 Å². The highest BCUT2D eigenvalue weighted by Gasteiger charge is 2.24. The summed E-state index contributed by atoms with van der Waals surface area (Å²) in [7, 11) is -3.80. The third-order valence-electron chi connectivity index (χ3n) is 3.78. The van der Waals surface area contributed by atoms with Crippen LogP contribution in [-0.4, -0.2) is 18.6 Å². The van der Waals surface area contributed by atoms with Crippen LogP contribution in [0.2, 0.25) is 5.02 Å². The minimum absolute atomic E-state index is 0.0363. The minimum Gasteiger partial charge on any atom is -0.360 e. The van der Waals surface area contributed by atoms with Gasteiger partial charge in [-0.3, -0.25) is 4.72 Å². The molecule has 0 aliphatic heterocycles. The summed E-state index contributed by atoms with van der Waals surface area (Å²) in [6.45, 7) is 5.02. The van der Waals surface area contributed by atoms with Gasteiger partial charge in [-0.1, -0.05) is 22.8 Å². The van der Waals surface area contributed by atoms with E-state index >= 15 is 0 Å². The number of nitrogens with one attached hydrogen (secondary N) is 2. The fourth-order valence-corrected chi connectivity index (χ4v) is 4.02. The molecule has 0 aliphatic carbocycles. The van der Waals surface area contributed by atoms with E-state index in [1.54, 1.807) is 26.0 Å². The quantitative estimate of drug-likeness (QED) is 0.675. The molecular weight excluding hydrogens is 376 g/mol. The highest BCUT2D eigenvalue weighted by atomic mass is 35.5. The number of nitrogens with zero attached hydrogens (tertiary/aromatic N) is 2. The van der Waals surface area contributed by atoms with Gasteiger partial charge in [0.1, 0.15) is 11.5 Å². The van der Waals surface area contributed by atoms with Gasteiger partial charge in [0.15, 0.2) is 10.7 Å². The lowest BCUT2D eigenvalue weighted by molar-refractivity contribution is 0.390. The van der Waals surface area contributed by atoms with Gasteiger partial charge in [-0.25, -0.2) is 13.4 Å². The lowest BCUT2D eigenvalue weighted by Gasteiger charge is -2.11. The maximum Gasteiger partial charge on any atom is 0.267 e. The SMILES string of the molecule is Cc1noc(C)c1S(=O)(=O)Nc1ccc(Nc2cccc(Cl)c2C)nc1. The zero-order valence-electron chi connectivity index (χ0n) is 14.4. The molecule has 0 spiro atoms. The van der Waals surface area contributed by atoms with Crippen LogP contribution < -0.4 is 10.0 Å². The number of benzene rings is 1. The van der Waals surface area contributed by atoms with E-state index in [0.29, 0.717) is 22.2 Å². The molecule has 0 amide bonds. The van der Waals surface area contributed by atoms with E-state index < -0.39 is 10.0 Å². The molecule has 136 valence electrons. The molecule has 3 rings (SSSR count). The van der Waals surface area contributed by atoms with Crippen LogP contribution in [0.15, 0.2) is 45.9 Å². The Hall–Kier alpha value is -2.58. The van der Waals surface area contributed by atoms with Gasteiger partial charge < -0.3 is 9.84 Å². The second-order valence-electron chi connectivity index (χ2n) is 5.73. The maximum absolute atomic E-state index is 12.5. The Labute approximate surface area is 156 Å². The van der Waals surface area contributed by atoms with Crippen LogP contribution in [0.25, 0.3) is 0 Å². The van der Waals surface area contributed by atoms with Gasteiger partial charge in [-0.15, -0.1) is 0 Å². The lowest BCUT2D eigenvalue weighted by atomic mass is 10.2. The van der Waals surface area contributed by atoms with Crippen LogP contribution in [0.1, 0.15) is 17.0 Å². The van der Waals surface area contributed by atoms with Crippen LogP contribution in [0.4, 0.5) is 17.2 Å². The molecule has 9 heteroatoms. The third kappa shape index (κ3) is 3.66. The minimum atomic E-state index is -3.80. The molecule has 0 unspecified atom stereocenters. The first-order valence-corrected chi connectivity index (χ1v) is 9.58. The number of hydrogen-bond donors (Lipinski definition) is 2. The van der Waals surface area contributed by atoms with Crippen LogP contribution in [0.3, 0.4) is 0 Å². The van der Waals surface area contributed by atoms with E-state index in [1.165, 1.54) is 6.20 Å². The number of pyridine rings is 1. The molecule has 3 aromatic rings. The Bertz CT molecular complexity index is 1030. The first kappa shape index (κ1) is 18.2. The Morgan fingerprint density at radius 2 is 1.88 bits per heavy atom. The fraction of sp³-hybridized carbons (Fsp3) is 0.176. The number of rotatable bonds is 5. The number of halogens is 1. The van der Waals surface area contributed by atoms with Gasteiger partial charge in [0.25, 0.3) is 10.0 Å². The molecule has 0 saturated heterocycles. The van der Waals surface area contributed by atoms with Crippen LogP contribution in [0.5, 0.6) is 0 Å². The molecule has 0 radical (unpaired) electrons. The first-order valence-electron chi connectivity index (χ1n) is 7.72. The molecule has 0 atom stereocenters. The van der Waals surface area contributed by atoms with Crippen molar-refractivity contribution < 1.29 is 12.9 Å². The second-order valence-corrected chi connectivity index (χ2v) is 7.75. The monoisotopic (exact) mass is 392 g/mol. The van der Waals surface area contributed by atoms with Crippen molar-refractivity contribution in [3.05, 3.63) is 58.6 Å². The van der Waals surface area contributed by atoms with Crippen molar-refractivity contribution in [1.82, 2.24) is 10.1 Å². The number of anilines is 3. The van der Waals surface area contributed by atoms with Gasteiger partial charge in [-0.2, -0.15) is 0 Å². The average Bonchev–Trinajstić information content (AvgIpc) is 2.93. The maximum atomic E-state index is 12.5. The number of sulfonamides is 1. The van der Waals surface area contributed by atoms with E-state index in [2.05, 4.69) is 20.2 Å². The van der Waals surface area contributed by atoms with Crippen molar-refractivity contribution in [2.45, 2.75) is 25.7 Å². The van der Waals surface area contributed by atoms with Crippen molar-refractivity contribution in [2.24, 2.45) is 0 Å². The summed E-state index contributed by atoms with van der Waals surface area (Å²) in [5.41, 5.74) is 2.37. The van der Waals surface area contributed by atoms with Crippen molar-refractivity contribution in [2.75, 3.05) is 10.0 Å². The Balaban J connectivity index is 1.79. The highest BCUT2D eigenvalue weighted by molar-refractivity contribution is 7.92. The highest BCUT2D eigenvalue weighted by Crippen LogP contribution is 2.26. The molecule has 26 heavy (non-hydrogen) atoms. The molecular formula is C17H17ClN4O3S. The predicted octanol–water partition coefficient (Wildman–Crippen LogP) is 4.19. The normalized spacial score (nSPS) is 11.4. The largest absolute Gasteiger partial charge is 0.360 e. The van der Waals surface area contributed by atoms with Crippen LogP contribution >= 0.6 is 11.6 Å². The van der Waals surface area contributed by atoms with Gasteiger partial charge in [-0.05, 0) is 50.6 Å². The second kappa shape index (κ2) is 6.97. The van der Waals surface area contributed by atoms with Crippen molar-refractivity contribution in [1.29, 1.82) is 0 Å². The van der Waals surface area contributed by atoms with E-state index in [1.807, 2.05) is 25.1 Å². The number of aromatic nitrogens is 2. The van der Waals surface area contributed by atoms with Crippen LogP contribution in [-0.2, 0) is 10.0 Å². The molecule has 2 N–H and O–H groups in total. The number of aryl methyl sites for hydroxylation is 2. The molecule has 0 saturated carbocycles. The third-order valence-corrected chi connectivity index (χ3v) is 5.82. The summed E-state index contributed by atoms with van der Waals surface area (Å²) in [6, 6.07) is 8.82. The van der Waals surface area contributed by atoms with Crippen molar-refractivity contribution in [3.63, 3.8) is 0 Å². The van der Waals surface area contributed by atoms with Gasteiger partial charge >= 0.3 is 0 Å². The number of hydrogen-bond acceptors (Lipinski definition) is 6. The van der Waals surface area contributed by atoms with Gasteiger partial charge in [0.05, 0.1) is 11.9 Å². The van der Waals surface area contributed by atoms with E-state index in [0.717, 1.165) is 11.3 Å². The topological polar surface area (TPSA) is 97.1 Å². The standard InChI is InChI=1S/C17H17ClN4O3S/c1-10-14(18)5-4-6-15(10)20-16-8-7-13(9-19-16)22-26(23,24)17-11(2)21-25-12(17)3/h4-9,22H,1-3H3,(H,19,20). The Morgan fingerprint density at radius 3 is 2.50 bits per heavy atom. The van der Waals surface area contributed by atoms with E-state index in [4.69, 9.17) is 16.1 Å². The average molecular weight is 393 g/mol. The first-order chi connectivity index (χ1) is 12.3. The predicted molar refractivity (Wildman–Crippen MR) is 100 cm³/mol. The molecule has 1 aromatic carbocycles. The molecule has 2 aromatic heterocycles. The van der Waals surface area contributed by atoms with Crippen LogP contribution in [0, 0.1) is 20.8 Å². The molecule has 0 fully saturated rings. The zero-order chi connectivity index (χ0) is 18.9. The summed E-state index contributed by atoms with van der Waals surface area (Å²) < 4.78 is 32.4. The molecule has 2 heterocycles. The Morgan fingerprint density at radius 1 is 1.12 bits per heavy atom. The van der Waals surface area contributed by atoms with Gasteiger partial charge in [0, 0.05) is 10.7 Å². The summed E-state index contributed by atoms with van der Waals surface area (Å²) in [5, 5.41) is 7.47. The molecule has 7 nitrogen and oxygen atoms in total. The van der Waals surface area contributed by atoms with Crippen molar-refractivity contribution in [3.8, 4) is 0 Å². The summed E-state index contributed by atoms with van der Waals surface area (Å²) >= 11 is 6.10. The van der Waals surface area contributed by atoms with Crippen molar-refractivity contribution >= 4 is 38.8 Å². The van der Waals surface area contributed by atoms with Gasteiger partial charge in [0.2, 0.25) is 0 Å².